The summed E-state index contributed by atoms with van der Waals surface area (Å²) in [4.78, 5) is 14.4. The number of aliphatic imine (C=N–C) groups is 1. The lowest BCUT2D eigenvalue weighted by molar-refractivity contribution is -0.384. The highest BCUT2D eigenvalue weighted by Crippen LogP contribution is 2.21. The Kier molecular flexibility index (Phi) is 4.55. The van der Waals surface area contributed by atoms with Crippen molar-refractivity contribution >= 4 is 11.9 Å². The molecule has 0 saturated carbocycles. The molecule has 5 heteroatoms. The van der Waals surface area contributed by atoms with Gasteiger partial charge in [-0.1, -0.05) is 20.8 Å². The SMILES string of the molecule is CC(C)(C)C(CO)N=Cc1ccc([N+](=O)[O-])cc1. The summed E-state index contributed by atoms with van der Waals surface area (Å²) in [7, 11) is 0. The van der Waals surface area contributed by atoms with Crippen molar-refractivity contribution in [2.45, 2.75) is 26.8 Å². The van der Waals surface area contributed by atoms with Crippen LogP contribution in [-0.4, -0.2) is 28.9 Å². The van der Waals surface area contributed by atoms with Crippen LogP contribution >= 0.6 is 0 Å². The van der Waals surface area contributed by atoms with Crippen molar-refractivity contribution in [2.24, 2.45) is 10.4 Å². The van der Waals surface area contributed by atoms with Crippen molar-refractivity contribution in [3.05, 3.63) is 39.9 Å². The number of nitrogens with zero attached hydrogens (tertiary/aromatic N) is 2. The van der Waals surface area contributed by atoms with Gasteiger partial charge in [-0.15, -0.1) is 0 Å². The van der Waals surface area contributed by atoms with Crippen LogP contribution in [0.15, 0.2) is 29.3 Å². The van der Waals surface area contributed by atoms with Gasteiger partial charge in [0, 0.05) is 18.3 Å². The van der Waals surface area contributed by atoms with Crippen LogP contribution in [0.1, 0.15) is 26.3 Å². The molecule has 1 aromatic carbocycles. The summed E-state index contributed by atoms with van der Waals surface area (Å²) in [6, 6.07) is 5.96. The molecule has 1 unspecified atom stereocenters. The number of nitro benzene ring substituents is 1. The van der Waals surface area contributed by atoms with Crippen LogP contribution in [0.3, 0.4) is 0 Å². The molecule has 0 radical (unpaired) electrons. The quantitative estimate of drug-likeness (QED) is 0.506. The van der Waals surface area contributed by atoms with Gasteiger partial charge in [0.15, 0.2) is 0 Å². The molecule has 1 atom stereocenters. The summed E-state index contributed by atoms with van der Waals surface area (Å²) in [6.07, 6.45) is 1.63. The van der Waals surface area contributed by atoms with Crippen LogP contribution < -0.4 is 0 Å². The third kappa shape index (κ3) is 3.92. The second-order valence-electron chi connectivity index (χ2n) is 5.19. The van der Waals surface area contributed by atoms with Crippen LogP contribution in [0.2, 0.25) is 0 Å². The van der Waals surface area contributed by atoms with Crippen molar-refractivity contribution < 1.29 is 10.0 Å². The van der Waals surface area contributed by atoms with Crippen LogP contribution in [0.4, 0.5) is 5.69 Å². The molecule has 0 heterocycles. The molecule has 0 saturated heterocycles. The average Bonchev–Trinajstić information content (AvgIpc) is 2.28. The minimum atomic E-state index is -0.438. The zero-order valence-electron chi connectivity index (χ0n) is 10.8. The van der Waals surface area contributed by atoms with E-state index in [-0.39, 0.29) is 23.8 Å². The van der Waals surface area contributed by atoms with Gasteiger partial charge < -0.3 is 5.11 Å². The van der Waals surface area contributed by atoms with Crippen molar-refractivity contribution in [3.63, 3.8) is 0 Å². The molecule has 1 rings (SSSR count). The summed E-state index contributed by atoms with van der Waals surface area (Å²) in [6.45, 7) is 5.98. The number of hydrogen-bond donors (Lipinski definition) is 1. The van der Waals surface area contributed by atoms with Crippen LogP contribution in [-0.2, 0) is 0 Å². The fourth-order valence-corrected chi connectivity index (χ4v) is 1.40. The molecule has 5 nitrogen and oxygen atoms in total. The van der Waals surface area contributed by atoms with E-state index in [0.29, 0.717) is 0 Å². The summed E-state index contributed by atoms with van der Waals surface area (Å²) >= 11 is 0. The maximum absolute atomic E-state index is 10.5. The Bertz CT molecular complexity index is 433. The lowest BCUT2D eigenvalue weighted by atomic mass is 9.88. The Morgan fingerprint density at radius 2 is 1.94 bits per heavy atom. The maximum Gasteiger partial charge on any atom is 0.269 e. The number of aliphatic hydroxyl groups excluding tert-OH is 1. The Labute approximate surface area is 106 Å². The number of aliphatic hydroxyl groups is 1. The molecular formula is C13H18N2O3. The van der Waals surface area contributed by atoms with Crippen molar-refractivity contribution in [1.82, 2.24) is 0 Å². The molecule has 0 spiro atoms. The van der Waals surface area contributed by atoms with E-state index in [1.54, 1.807) is 18.3 Å². The molecule has 0 amide bonds. The third-order valence-corrected chi connectivity index (χ3v) is 2.68. The first-order valence-corrected chi connectivity index (χ1v) is 5.73. The molecule has 18 heavy (non-hydrogen) atoms. The molecule has 0 bridgehead atoms. The summed E-state index contributed by atoms with van der Waals surface area (Å²) in [5.41, 5.74) is 0.719. The van der Waals surface area contributed by atoms with Crippen molar-refractivity contribution in [2.75, 3.05) is 6.61 Å². The molecule has 0 aromatic heterocycles. The first-order chi connectivity index (χ1) is 8.34. The van der Waals surface area contributed by atoms with Gasteiger partial charge in [-0.3, -0.25) is 15.1 Å². The molecule has 0 aliphatic heterocycles. The van der Waals surface area contributed by atoms with E-state index in [1.165, 1.54) is 12.1 Å². The molecule has 98 valence electrons. The highest BCUT2D eigenvalue weighted by molar-refractivity contribution is 5.80. The van der Waals surface area contributed by atoms with Gasteiger partial charge in [-0.2, -0.15) is 0 Å². The number of hydrogen-bond acceptors (Lipinski definition) is 4. The van der Waals surface area contributed by atoms with Crippen LogP contribution in [0, 0.1) is 15.5 Å². The first-order valence-electron chi connectivity index (χ1n) is 5.73. The Balaban J connectivity index is 2.81. The highest BCUT2D eigenvalue weighted by Gasteiger charge is 2.22. The zero-order chi connectivity index (χ0) is 13.8. The van der Waals surface area contributed by atoms with E-state index < -0.39 is 4.92 Å². The average molecular weight is 250 g/mol. The van der Waals surface area contributed by atoms with Crippen molar-refractivity contribution in [1.29, 1.82) is 0 Å². The number of non-ortho nitro benzene ring substituents is 1. The van der Waals surface area contributed by atoms with Gasteiger partial charge in [-0.25, -0.2) is 0 Å². The monoisotopic (exact) mass is 250 g/mol. The smallest absolute Gasteiger partial charge is 0.269 e. The summed E-state index contributed by atoms with van der Waals surface area (Å²) in [5, 5.41) is 19.7. The van der Waals surface area contributed by atoms with E-state index in [9.17, 15) is 15.2 Å². The topological polar surface area (TPSA) is 75.7 Å². The van der Waals surface area contributed by atoms with Gasteiger partial charge >= 0.3 is 0 Å². The van der Waals surface area contributed by atoms with Gasteiger partial charge in [0.2, 0.25) is 0 Å². The Morgan fingerprint density at radius 3 is 2.33 bits per heavy atom. The minimum Gasteiger partial charge on any atom is -0.394 e. The Hall–Kier alpha value is -1.75. The van der Waals surface area contributed by atoms with E-state index in [2.05, 4.69) is 4.99 Å². The second kappa shape index (κ2) is 5.73. The standard InChI is InChI=1S/C13H18N2O3/c1-13(2,3)12(9-16)14-8-10-4-6-11(7-5-10)15(17)18/h4-8,12,16H,9H2,1-3H3. The van der Waals surface area contributed by atoms with Crippen LogP contribution in [0.25, 0.3) is 0 Å². The lowest BCUT2D eigenvalue weighted by Gasteiger charge is -2.25. The van der Waals surface area contributed by atoms with E-state index in [4.69, 9.17) is 0 Å². The van der Waals surface area contributed by atoms with Crippen LogP contribution in [0.5, 0.6) is 0 Å². The predicted molar refractivity (Wildman–Crippen MR) is 71.0 cm³/mol. The highest BCUT2D eigenvalue weighted by atomic mass is 16.6. The van der Waals surface area contributed by atoms with Gasteiger partial charge in [0.1, 0.15) is 0 Å². The maximum atomic E-state index is 10.5. The predicted octanol–water partition coefficient (Wildman–Crippen LogP) is 2.42. The third-order valence-electron chi connectivity index (χ3n) is 2.68. The summed E-state index contributed by atoms with van der Waals surface area (Å²) in [5.74, 6) is 0. The van der Waals surface area contributed by atoms with E-state index >= 15 is 0 Å². The number of benzene rings is 1. The minimum absolute atomic E-state index is 0.0209. The van der Waals surface area contributed by atoms with Crippen molar-refractivity contribution in [3.8, 4) is 0 Å². The molecule has 0 fully saturated rings. The Morgan fingerprint density at radius 1 is 1.39 bits per heavy atom. The molecule has 0 aliphatic rings. The molecular weight excluding hydrogens is 232 g/mol. The largest absolute Gasteiger partial charge is 0.394 e. The number of nitro groups is 1. The van der Waals surface area contributed by atoms with Gasteiger partial charge in [-0.05, 0) is 23.1 Å². The second-order valence-corrected chi connectivity index (χ2v) is 5.19. The van der Waals surface area contributed by atoms with E-state index in [0.717, 1.165) is 5.56 Å². The normalized spacial score (nSPS) is 13.8. The molecule has 1 N–H and O–H groups in total. The zero-order valence-corrected chi connectivity index (χ0v) is 10.8. The van der Waals surface area contributed by atoms with E-state index in [1.807, 2.05) is 20.8 Å². The number of rotatable bonds is 4. The first kappa shape index (κ1) is 14.3. The fraction of sp³-hybridized carbons (Fsp3) is 0.462. The molecule has 1 aromatic rings. The molecule has 0 aliphatic carbocycles. The van der Waals surface area contributed by atoms with Gasteiger partial charge in [0.05, 0.1) is 17.6 Å². The fourth-order valence-electron chi connectivity index (χ4n) is 1.40. The van der Waals surface area contributed by atoms with Gasteiger partial charge in [0.25, 0.3) is 5.69 Å². The summed E-state index contributed by atoms with van der Waals surface area (Å²) < 4.78 is 0. The lowest BCUT2D eigenvalue weighted by Crippen LogP contribution is -2.28.